The fourth-order valence-corrected chi connectivity index (χ4v) is 2.78. The molecule has 0 radical (unpaired) electrons. The summed E-state index contributed by atoms with van der Waals surface area (Å²) in [5.74, 6) is 0.287. The van der Waals surface area contributed by atoms with Crippen LogP contribution in [0.1, 0.15) is 23.0 Å². The van der Waals surface area contributed by atoms with Gasteiger partial charge in [0.1, 0.15) is 5.69 Å². The Morgan fingerprint density at radius 2 is 1.80 bits per heavy atom. The fourth-order valence-electron chi connectivity index (χ4n) is 2.78. The van der Waals surface area contributed by atoms with Crippen molar-refractivity contribution in [2.45, 2.75) is 13.8 Å². The van der Waals surface area contributed by atoms with Crippen molar-refractivity contribution in [1.29, 1.82) is 0 Å². The van der Waals surface area contributed by atoms with Gasteiger partial charge in [0.2, 0.25) is 11.9 Å². The van der Waals surface area contributed by atoms with Crippen LogP contribution in [0.5, 0.6) is 0 Å². The minimum atomic E-state index is -0.141. The van der Waals surface area contributed by atoms with Gasteiger partial charge in [-0.1, -0.05) is 12.1 Å². The van der Waals surface area contributed by atoms with E-state index in [0.717, 1.165) is 11.3 Å². The van der Waals surface area contributed by atoms with Crippen molar-refractivity contribution < 1.29 is 9.59 Å². The Labute approximate surface area is 146 Å². The molecule has 0 spiro atoms. The maximum atomic E-state index is 12.6. The summed E-state index contributed by atoms with van der Waals surface area (Å²) >= 11 is 0. The summed E-state index contributed by atoms with van der Waals surface area (Å²) in [6, 6.07) is 9.47. The number of hydrogen-bond acceptors (Lipinski definition) is 5. The molecule has 0 unspecified atom stereocenters. The predicted molar refractivity (Wildman–Crippen MR) is 94.7 cm³/mol. The van der Waals surface area contributed by atoms with E-state index >= 15 is 0 Å². The Balaban J connectivity index is 1.69. The number of amides is 2. The number of piperazine rings is 1. The maximum absolute atomic E-state index is 12.6. The normalized spacial score (nSPS) is 14.3. The van der Waals surface area contributed by atoms with Gasteiger partial charge in [0.05, 0.1) is 0 Å². The van der Waals surface area contributed by atoms with Crippen LogP contribution in [0.4, 0.5) is 11.6 Å². The van der Waals surface area contributed by atoms with Gasteiger partial charge in [-0.2, -0.15) is 0 Å². The van der Waals surface area contributed by atoms with Gasteiger partial charge in [0, 0.05) is 45.0 Å². The van der Waals surface area contributed by atoms with Crippen LogP contribution in [0, 0.1) is 6.92 Å². The summed E-state index contributed by atoms with van der Waals surface area (Å²) in [5.41, 5.74) is 2.35. The van der Waals surface area contributed by atoms with Crippen LogP contribution in [0.2, 0.25) is 0 Å². The van der Waals surface area contributed by atoms with E-state index in [1.54, 1.807) is 29.0 Å². The van der Waals surface area contributed by atoms with Crippen LogP contribution in [0.3, 0.4) is 0 Å². The molecule has 1 aromatic carbocycles. The van der Waals surface area contributed by atoms with Crippen molar-refractivity contribution in [1.82, 2.24) is 19.8 Å². The zero-order chi connectivity index (χ0) is 17.8. The summed E-state index contributed by atoms with van der Waals surface area (Å²) in [6.07, 6.45) is 1.57. The zero-order valence-corrected chi connectivity index (χ0v) is 14.4. The molecule has 25 heavy (non-hydrogen) atoms. The largest absolute Gasteiger partial charge is 0.339 e. The standard InChI is InChI=1S/C18H21N5O2/c1-13-4-3-5-15(12-13)20-18-19-7-6-16(21-18)17(25)23-10-8-22(9-11-23)14(2)24/h3-7,12H,8-11H2,1-2H3,(H,19,20,21). The molecule has 7 heteroatoms. The Morgan fingerprint density at radius 3 is 2.48 bits per heavy atom. The van der Waals surface area contributed by atoms with Crippen molar-refractivity contribution in [3.05, 3.63) is 47.8 Å². The Morgan fingerprint density at radius 1 is 1.08 bits per heavy atom. The van der Waals surface area contributed by atoms with E-state index in [-0.39, 0.29) is 11.8 Å². The summed E-state index contributed by atoms with van der Waals surface area (Å²) < 4.78 is 0. The second-order valence-electron chi connectivity index (χ2n) is 6.06. The molecule has 0 atom stereocenters. The molecule has 1 fully saturated rings. The highest BCUT2D eigenvalue weighted by Gasteiger charge is 2.24. The van der Waals surface area contributed by atoms with Crippen molar-refractivity contribution in [2.75, 3.05) is 31.5 Å². The number of nitrogens with zero attached hydrogens (tertiary/aromatic N) is 4. The molecule has 7 nitrogen and oxygen atoms in total. The Bertz CT molecular complexity index is 785. The van der Waals surface area contributed by atoms with E-state index in [4.69, 9.17) is 0 Å². The van der Waals surface area contributed by atoms with Gasteiger partial charge in [-0.25, -0.2) is 9.97 Å². The third-order valence-electron chi connectivity index (χ3n) is 4.16. The van der Waals surface area contributed by atoms with E-state index in [2.05, 4.69) is 15.3 Å². The highest BCUT2D eigenvalue weighted by atomic mass is 16.2. The number of carbonyl (C=O) groups is 2. The van der Waals surface area contributed by atoms with Crippen LogP contribution in [0.15, 0.2) is 36.5 Å². The first-order valence-electron chi connectivity index (χ1n) is 8.24. The SMILES string of the molecule is CC(=O)N1CCN(C(=O)c2ccnc(Nc3cccc(C)c3)n2)CC1. The van der Waals surface area contributed by atoms with Gasteiger partial charge in [0.15, 0.2) is 0 Å². The van der Waals surface area contributed by atoms with Crippen LogP contribution < -0.4 is 5.32 Å². The van der Waals surface area contributed by atoms with Gasteiger partial charge in [0.25, 0.3) is 5.91 Å². The average Bonchev–Trinajstić information content (AvgIpc) is 2.61. The van der Waals surface area contributed by atoms with Crippen molar-refractivity contribution >= 4 is 23.5 Å². The summed E-state index contributed by atoms with van der Waals surface area (Å²) in [6.45, 7) is 5.70. The highest BCUT2D eigenvalue weighted by Crippen LogP contribution is 2.15. The first-order chi connectivity index (χ1) is 12.0. The number of aryl methyl sites for hydroxylation is 1. The molecule has 1 N–H and O–H groups in total. The first-order valence-corrected chi connectivity index (χ1v) is 8.24. The van der Waals surface area contributed by atoms with Crippen LogP contribution in [-0.2, 0) is 4.79 Å². The predicted octanol–water partition coefficient (Wildman–Crippen LogP) is 1.83. The Kier molecular flexibility index (Phi) is 4.92. The second-order valence-corrected chi connectivity index (χ2v) is 6.06. The molecule has 1 saturated heterocycles. The first kappa shape index (κ1) is 16.9. The molecule has 3 rings (SSSR count). The van der Waals surface area contributed by atoms with E-state index in [0.29, 0.717) is 37.8 Å². The third kappa shape index (κ3) is 4.12. The quantitative estimate of drug-likeness (QED) is 0.923. The molecule has 0 aliphatic carbocycles. The van der Waals surface area contributed by atoms with Crippen molar-refractivity contribution in [2.24, 2.45) is 0 Å². The van der Waals surface area contributed by atoms with Crippen LogP contribution in [-0.4, -0.2) is 57.8 Å². The third-order valence-corrected chi connectivity index (χ3v) is 4.16. The molecule has 2 heterocycles. The maximum Gasteiger partial charge on any atom is 0.272 e. The van der Waals surface area contributed by atoms with Crippen molar-refractivity contribution in [3.8, 4) is 0 Å². The lowest BCUT2D eigenvalue weighted by Gasteiger charge is -2.34. The lowest BCUT2D eigenvalue weighted by Crippen LogP contribution is -2.50. The van der Waals surface area contributed by atoms with Gasteiger partial charge in [-0.05, 0) is 30.7 Å². The monoisotopic (exact) mass is 339 g/mol. The van der Waals surface area contributed by atoms with E-state index in [9.17, 15) is 9.59 Å². The van der Waals surface area contributed by atoms with E-state index in [1.165, 1.54) is 0 Å². The number of aromatic nitrogens is 2. The second kappa shape index (κ2) is 7.29. The lowest BCUT2D eigenvalue weighted by molar-refractivity contribution is -0.130. The van der Waals surface area contributed by atoms with Crippen LogP contribution in [0.25, 0.3) is 0 Å². The van der Waals surface area contributed by atoms with Gasteiger partial charge in [-0.15, -0.1) is 0 Å². The van der Waals surface area contributed by atoms with Gasteiger partial charge in [-0.3, -0.25) is 9.59 Å². The smallest absolute Gasteiger partial charge is 0.272 e. The summed E-state index contributed by atoms with van der Waals surface area (Å²) in [7, 11) is 0. The lowest BCUT2D eigenvalue weighted by atomic mass is 10.2. The summed E-state index contributed by atoms with van der Waals surface area (Å²) in [4.78, 5) is 36.0. The topological polar surface area (TPSA) is 78.4 Å². The van der Waals surface area contributed by atoms with Gasteiger partial charge >= 0.3 is 0 Å². The molecule has 2 aromatic rings. The van der Waals surface area contributed by atoms with Crippen molar-refractivity contribution in [3.63, 3.8) is 0 Å². The minimum Gasteiger partial charge on any atom is -0.339 e. The number of benzene rings is 1. The van der Waals surface area contributed by atoms with Gasteiger partial charge < -0.3 is 15.1 Å². The number of nitrogens with one attached hydrogen (secondary N) is 1. The highest BCUT2D eigenvalue weighted by molar-refractivity contribution is 5.92. The molecule has 1 aliphatic rings. The zero-order valence-electron chi connectivity index (χ0n) is 14.4. The number of hydrogen-bond donors (Lipinski definition) is 1. The molecule has 0 saturated carbocycles. The average molecular weight is 339 g/mol. The Hall–Kier alpha value is -2.96. The molecule has 2 amide bonds. The molecular weight excluding hydrogens is 318 g/mol. The van der Waals surface area contributed by atoms with Crippen LogP contribution >= 0.6 is 0 Å². The number of carbonyl (C=O) groups excluding carboxylic acids is 2. The van der Waals surface area contributed by atoms with E-state index in [1.807, 2.05) is 31.2 Å². The molecule has 1 aromatic heterocycles. The fraction of sp³-hybridized carbons (Fsp3) is 0.333. The molecule has 1 aliphatic heterocycles. The molecule has 130 valence electrons. The minimum absolute atomic E-state index is 0.0405. The molecule has 0 bridgehead atoms. The number of rotatable bonds is 3. The number of anilines is 2. The summed E-state index contributed by atoms with van der Waals surface area (Å²) in [5, 5.41) is 3.12. The molecular formula is C18H21N5O2. The van der Waals surface area contributed by atoms with E-state index < -0.39 is 0 Å².